The van der Waals surface area contributed by atoms with Crippen molar-refractivity contribution in [3.05, 3.63) is 59.2 Å². The van der Waals surface area contributed by atoms with Gasteiger partial charge in [-0.25, -0.2) is 18.4 Å². The molecule has 12 nitrogen and oxygen atoms in total. The summed E-state index contributed by atoms with van der Waals surface area (Å²) in [6.07, 6.45) is 1.51. The van der Waals surface area contributed by atoms with Crippen molar-refractivity contribution in [2.45, 2.75) is 116 Å². The van der Waals surface area contributed by atoms with Crippen molar-refractivity contribution in [1.29, 1.82) is 0 Å². The number of rotatable bonds is 6. The molecule has 0 radical (unpaired) electrons. The van der Waals surface area contributed by atoms with E-state index in [4.69, 9.17) is 40.4 Å². The number of nitrogen functional groups attached to an aromatic ring is 2. The van der Waals surface area contributed by atoms with E-state index in [-0.39, 0.29) is 35.7 Å². The number of carbonyl (C=O) groups is 2. The molecule has 2 aromatic rings. The van der Waals surface area contributed by atoms with Crippen molar-refractivity contribution >= 4 is 57.4 Å². The molecule has 2 fully saturated rings. The van der Waals surface area contributed by atoms with Crippen LogP contribution in [0, 0.1) is 23.5 Å². The number of amides is 2. The molecule has 0 saturated heterocycles. The highest BCUT2D eigenvalue weighted by Crippen LogP contribution is 2.54. The van der Waals surface area contributed by atoms with E-state index in [0.717, 1.165) is 12.8 Å². The van der Waals surface area contributed by atoms with Crippen molar-refractivity contribution in [2.24, 2.45) is 21.8 Å². The molecule has 56 heavy (non-hydrogen) atoms. The standard InChI is InChI=1S/2C20H28FN3O3S/c2*1-5-26-14-8-12-11-28-17(23-18(25)27-19(2,3)4)24-20(12,10-14)15-9-13(22)6-7-16(15)21/h2*6-7,9,12,14H,5,8,10-11,22H2,1-4H3,(H,23,24,25)/t2*12-,14+,20-/m10/s1. The highest BCUT2D eigenvalue weighted by Gasteiger charge is 2.54. The first-order valence-corrected chi connectivity index (χ1v) is 21.0. The summed E-state index contributed by atoms with van der Waals surface area (Å²) in [6, 6.07) is 9.15. The predicted molar refractivity (Wildman–Crippen MR) is 220 cm³/mol. The molecule has 2 amide bonds. The molecule has 6 atom stereocenters. The summed E-state index contributed by atoms with van der Waals surface area (Å²) in [5.74, 6) is 0.898. The summed E-state index contributed by atoms with van der Waals surface area (Å²) in [6.45, 7) is 15.9. The lowest BCUT2D eigenvalue weighted by Crippen LogP contribution is -2.42. The summed E-state index contributed by atoms with van der Waals surface area (Å²) < 4.78 is 52.0. The summed E-state index contributed by atoms with van der Waals surface area (Å²) >= 11 is 2.89. The van der Waals surface area contributed by atoms with Crippen LogP contribution < -0.4 is 22.1 Å². The Balaban J connectivity index is 0.000000214. The molecule has 308 valence electrons. The van der Waals surface area contributed by atoms with Crippen LogP contribution >= 0.6 is 23.5 Å². The van der Waals surface area contributed by atoms with Gasteiger partial charge in [-0.05, 0) is 105 Å². The van der Waals surface area contributed by atoms with Crippen LogP contribution in [0.4, 0.5) is 29.7 Å². The quantitative estimate of drug-likeness (QED) is 0.209. The van der Waals surface area contributed by atoms with Gasteiger partial charge in [0.1, 0.15) is 22.8 Å². The normalized spacial score (nSPS) is 27.1. The lowest BCUT2D eigenvalue weighted by atomic mass is 9.81. The van der Waals surface area contributed by atoms with Crippen LogP contribution in [0.1, 0.15) is 92.2 Å². The van der Waals surface area contributed by atoms with E-state index in [2.05, 4.69) is 10.6 Å². The van der Waals surface area contributed by atoms with Crippen LogP contribution in [0.3, 0.4) is 0 Å². The molecule has 16 heteroatoms. The van der Waals surface area contributed by atoms with Crippen molar-refractivity contribution in [1.82, 2.24) is 10.6 Å². The van der Waals surface area contributed by atoms with Gasteiger partial charge >= 0.3 is 12.2 Å². The number of amidine groups is 2. The second-order valence-electron chi connectivity index (χ2n) is 16.5. The number of hydrogen-bond donors (Lipinski definition) is 4. The van der Waals surface area contributed by atoms with E-state index in [1.165, 1.54) is 35.7 Å². The van der Waals surface area contributed by atoms with Crippen LogP contribution in [0.5, 0.6) is 0 Å². The monoisotopic (exact) mass is 818 g/mol. The molecule has 2 aliphatic carbocycles. The summed E-state index contributed by atoms with van der Waals surface area (Å²) in [5, 5.41) is 6.31. The summed E-state index contributed by atoms with van der Waals surface area (Å²) in [7, 11) is 0. The molecule has 2 saturated carbocycles. The molecule has 2 heterocycles. The Hall–Kier alpha value is -3.60. The van der Waals surface area contributed by atoms with Gasteiger partial charge in [-0.15, -0.1) is 0 Å². The Morgan fingerprint density at radius 3 is 1.45 bits per heavy atom. The highest BCUT2D eigenvalue weighted by atomic mass is 32.2. The van der Waals surface area contributed by atoms with Gasteiger partial charge in [-0.1, -0.05) is 23.5 Å². The number of benzene rings is 2. The number of anilines is 2. The number of carbonyl (C=O) groups excluding carboxylic acids is 2. The first-order chi connectivity index (χ1) is 26.3. The summed E-state index contributed by atoms with van der Waals surface area (Å²) in [4.78, 5) is 34.1. The van der Waals surface area contributed by atoms with Crippen LogP contribution in [0.25, 0.3) is 0 Å². The number of nitrogens with one attached hydrogen (secondary N) is 2. The average Bonchev–Trinajstić information content (AvgIpc) is 3.64. The average molecular weight is 819 g/mol. The third-order valence-electron chi connectivity index (χ3n) is 9.90. The number of nitrogens with zero attached hydrogens (tertiary/aromatic N) is 2. The van der Waals surface area contributed by atoms with Crippen molar-refractivity contribution in [3.8, 4) is 0 Å². The maximum Gasteiger partial charge on any atom is 0.413 e. The number of aliphatic imine (C=N–C) groups is 2. The Bertz CT molecular complexity index is 1690. The first kappa shape index (κ1) is 43.5. The third-order valence-corrected chi connectivity index (χ3v) is 12.0. The van der Waals surface area contributed by atoms with Crippen LogP contribution in [-0.4, -0.2) is 70.7 Å². The molecule has 0 unspecified atom stereocenters. The Kier molecular flexibility index (Phi) is 13.6. The molecular weight excluding hydrogens is 763 g/mol. The number of thioether (sulfide) groups is 2. The van der Waals surface area contributed by atoms with E-state index in [0.29, 0.717) is 70.4 Å². The van der Waals surface area contributed by atoms with Gasteiger partial charge in [0.05, 0.1) is 23.3 Å². The van der Waals surface area contributed by atoms with Gasteiger partial charge < -0.3 is 30.4 Å². The molecule has 0 bridgehead atoms. The SMILES string of the molecule is CCO[C@@H]1C[C@H]2CSC(NC(=O)OC(C)(C)C)=N[C@@]2(c2cc(N)ccc2F)C1.CCO[C@H]1C[C@@H]2CSC(NC(=O)OC(C)(C)C)=N[C@]2(c2cc(N)ccc2F)C1. The van der Waals surface area contributed by atoms with Crippen molar-refractivity contribution in [3.63, 3.8) is 0 Å². The largest absolute Gasteiger partial charge is 0.444 e. The smallest absolute Gasteiger partial charge is 0.413 e. The number of ether oxygens (including phenoxy) is 4. The second kappa shape index (κ2) is 17.5. The maximum atomic E-state index is 14.8. The van der Waals surface area contributed by atoms with Crippen LogP contribution in [-0.2, 0) is 30.0 Å². The molecule has 0 spiro atoms. The first-order valence-electron chi connectivity index (χ1n) is 19.0. The van der Waals surface area contributed by atoms with E-state index in [1.807, 2.05) is 13.8 Å². The Labute approximate surface area is 337 Å². The zero-order valence-corrected chi connectivity index (χ0v) is 35.1. The predicted octanol–water partition coefficient (Wildman–Crippen LogP) is 8.09. The molecule has 6 rings (SSSR count). The minimum atomic E-state index is -0.811. The number of halogens is 2. The summed E-state index contributed by atoms with van der Waals surface area (Å²) in [5.41, 5.74) is 10.9. The maximum absolute atomic E-state index is 14.8. The Morgan fingerprint density at radius 1 is 0.732 bits per heavy atom. The van der Waals surface area contributed by atoms with Gasteiger partial charge in [0.25, 0.3) is 0 Å². The third kappa shape index (κ3) is 10.5. The van der Waals surface area contributed by atoms with Crippen LogP contribution in [0.2, 0.25) is 0 Å². The lowest BCUT2D eigenvalue weighted by molar-refractivity contribution is 0.0551. The zero-order chi connectivity index (χ0) is 41.1. The molecule has 2 aliphatic heterocycles. The topological polar surface area (TPSA) is 172 Å². The fourth-order valence-electron chi connectivity index (χ4n) is 7.86. The van der Waals surface area contributed by atoms with E-state index in [9.17, 15) is 18.4 Å². The number of fused-ring (bicyclic) bond motifs is 2. The fraction of sp³-hybridized carbons (Fsp3) is 0.600. The molecule has 2 aromatic carbocycles. The zero-order valence-electron chi connectivity index (χ0n) is 33.5. The lowest BCUT2D eigenvalue weighted by Gasteiger charge is -2.36. The highest BCUT2D eigenvalue weighted by molar-refractivity contribution is 8.14. The number of alkyl carbamates (subject to hydrolysis) is 2. The molecule has 6 N–H and O–H groups in total. The van der Waals surface area contributed by atoms with E-state index in [1.54, 1.807) is 65.8 Å². The van der Waals surface area contributed by atoms with E-state index < -0.39 is 34.5 Å². The minimum absolute atomic E-state index is 0.0129. The van der Waals surface area contributed by atoms with Gasteiger partial charge in [0, 0.05) is 71.9 Å². The van der Waals surface area contributed by atoms with Crippen molar-refractivity contribution in [2.75, 3.05) is 36.2 Å². The van der Waals surface area contributed by atoms with Gasteiger partial charge in [-0.2, -0.15) is 0 Å². The Morgan fingerprint density at radius 2 is 1.11 bits per heavy atom. The minimum Gasteiger partial charge on any atom is -0.444 e. The van der Waals surface area contributed by atoms with Crippen LogP contribution in [0.15, 0.2) is 46.4 Å². The second-order valence-corrected chi connectivity index (χ2v) is 18.5. The van der Waals surface area contributed by atoms with E-state index >= 15 is 0 Å². The molecule has 0 aromatic heterocycles. The molecule has 4 aliphatic rings. The van der Waals surface area contributed by atoms with Gasteiger partial charge in [-0.3, -0.25) is 20.6 Å². The van der Waals surface area contributed by atoms with Gasteiger partial charge in [0.15, 0.2) is 10.3 Å². The number of nitrogens with two attached hydrogens (primary N) is 2. The van der Waals surface area contributed by atoms with Crippen molar-refractivity contribution < 1.29 is 37.3 Å². The molecular formula is C40H56F2N6O6S2. The fourth-order valence-corrected chi connectivity index (χ4v) is 10.2. The number of hydrogen-bond acceptors (Lipinski definition) is 12. The van der Waals surface area contributed by atoms with Gasteiger partial charge in [0.2, 0.25) is 0 Å².